The molecule has 0 atom stereocenters. The molecule has 0 saturated carbocycles. The van der Waals surface area contributed by atoms with Crippen molar-refractivity contribution >= 4 is 32.6 Å². The minimum absolute atomic E-state index is 0.0584. The molecule has 0 unspecified atom stereocenters. The van der Waals surface area contributed by atoms with Crippen LogP contribution >= 0.6 is 11.3 Å². The van der Waals surface area contributed by atoms with E-state index in [-0.39, 0.29) is 5.91 Å². The second-order valence-electron chi connectivity index (χ2n) is 5.38. The van der Waals surface area contributed by atoms with E-state index in [9.17, 15) is 4.79 Å². The molecule has 0 saturated heterocycles. The molecule has 1 aromatic carbocycles. The van der Waals surface area contributed by atoms with Crippen molar-refractivity contribution in [1.29, 1.82) is 0 Å². The molecule has 1 N–H and O–H groups in total. The Balaban J connectivity index is 2.16. The zero-order valence-corrected chi connectivity index (χ0v) is 12.7. The van der Waals surface area contributed by atoms with Gasteiger partial charge in [-0.05, 0) is 37.3 Å². The predicted molar refractivity (Wildman–Crippen MR) is 81.8 cm³/mol. The molecule has 0 aliphatic carbocycles. The van der Waals surface area contributed by atoms with Crippen molar-refractivity contribution in [3.8, 4) is 0 Å². The molecule has 1 aromatic heterocycles. The number of nitrogens with one attached hydrogen (secondary N) is 1. The Morgan fingerprint density at radius 3 is 2.63 bits per heavy atom. The van der Waals surface area contributed by atoms with E-state index in [0.29, 0.717) is 17.5 Å². The summed E-state index contributed by atoms with van der Waals surface area (Å²) in [7, 11) is 0. The maximum atomic E-state index is 11.8. The summed E-state index contributed by atoms with van der Waals surface area (Å²) in [6.07, 6.45) is 1.47. The number of rotatable bonds is 4. The van der Waals surface area contributed by atoms with Gasteiger partial charge in [-0.25, -0.2) is 4.98 Å². The van der Waals surface area contributed by atoms with E-state index < -0.39 is 0 Å². The first-order valence-electron chi connectivity index (χ1n) is 6.64. The third-order valence-electron chi connectivity index (χ3n) is 3.14. The number of hydrogen-bond donors (Lipinski definition) is 1. The number of carbonyl (C=O) groups is 1. The van der Waals surface area contributed by atoms with Crippen LogP contribution in [-0.2, 0) is 4.79 Å². The molecule has 0 aliphatic rings. The summed E-state index contributed by atoms with van der Waals surface area (Å²) >= 11 is 1.56. The quantitative estimate of drug-likeness (QED) is 0.905. The molecule has 4 heteroatoms. The summed E-state index contributed by atoms with van der Waals surface area (Å²) in [5.74, 6) is 0.605. The molecule has 2 aromatic rings. The minimum atomic E-state index is 0.0584. The van der Waals surface area contributed by atoms with Crippen LogP contribution in [0.3, 0.4) is 0 Å². The SMILES string of the molecule is Cc1ccc(C)c2sc(NC(=O)CCC(C)C)nc12. The largest absolute Gasteiger partial charge is 0.302 e. The van der Waals surface area contributed by atoms with Gasteiger partial charge in [0.25, 0.3) is 0 Å². The van der Waals surface area contributed by atoms with Gasteiger partial charge < -0.3 is 5.32 Å². The van der Waals surface area contributed by atoms with Crippen LogP contribution in [-0.4, -0.2) is 10.9 Å². The first-order valence-corrected chi connectivity index (χ1v) is 7.45. The molecular formula is C15H20N2OS. The van der Waals surface area contributed by atoms with Gasteiger partial charge in [0, 0.05) is 6.42 Å². The number of carbonyl (C=O) groups excluding carboxylic acids is 1. The highest BCUT2D eigenvalue weighted by molar-refractivity contribution is 7.22. The fourth-order valence-electron chi connectivity index (χ4n) is 1.91. The van der Waals surface area contributed by atoms with Crippen molar-refractivity contribution in [2.75, 3.05) is 5.32 Å². The second kappa shape index (κ2) is 5.70. The van der Waals surface area contributed by atoms with Crippen LogP contribution in [0.15, 0.2) is 12.1 Å². The zero-order valence-electron chi connectivity index (χ0n) is 11.9. The number of fused-ring (bicyclic) bond motifs is 1. The molecule has 1 amide bonds. The summed E-state index contributed by atoms with van der Waals surface area (Å²) in [4.78, 5) is 16.3. The van der Waals surface area contributed by atoms with Gasteiger partial charge in [0.05, 0.1) is 10.2 Å². The molecular weight excluding hydrogens is 256 g/mol. The van der Waals surface area contributed by atoms with Crippen LogP contribution in [0.4, 0.5) is 5.13 Å². The predicted octanol–water partition coefficient (Wildman–Crippen LogP) is 4.29. The Hall–Kier alpha value is -1.42. The van der Waals surface area contributed by atoms with Crippen LogP contribution < -0.4 is 5.32 Å². The van der Waals surface area contributed by atoms with Gasteiger partial charge in [0.1, 0.15) is 0 Å². The maximum Gasteiger partial charge on any atom is 0.226 e. The van der Waals surface area contributed by atoms with E-state index in [1.807, 2.05) is 6.92 Å². The molecule has 102 valence electrons. The number of amides is 1. The van der Waals surface area contributed by atoms with Gasteiger partial charge in [-0.15, -0.1) is 0 Å². The average Bonchev–Trinajstić information content (AvgIpc) is 2.76. The first-order chi connectivity index (χ1) is 8.97. The Morgan fingerprint density at radius 1 is 1.32 bits per heavy atom. The number of thiazole rings is 1. The Kier molecular flexibility index (Phi) is 4.20. The van der Waals surface area contributed by atoms with E-state index in [1.165, 1.54) is 10.3 Å². The molecule has 0 aliphatic heterocycles. The summed E-state index contributed by atoms with van der Waals surface area (Å²) in [5, 5.41) is 3.62. The van der Waals surface area contributed by atoms with Gasteiger partial charge in [-0.1, -0.05) is 37.3 Å². The van der Waals surface area contributed by atoms with Crippen LogP contribution in [0, 0.1) is 19.8 Å². The van der Waals surface area contributed by atoms with Gasteiger partial charge >= 0.3 is 0 Å². The van der Waals surface area contributed by atoms with Crippen molar-refractivity contribution in [1.82, 2.24) is 4.98 Å². The highest BCUT2D eigenvalue weighted by atomic mass is 32.1. The average molecular weight is 276 g/mol. The standard InChI is InChI=1S/C15H20N2OS/c1-9(2)5-8-12(18)16-15-17-13-10(3)6-7-11(4)14(13)19-15/h6-7,9H,5,8H2,1-4H3,(H,16,17,18). The van der Waals surface area contributed by atoms with Crippen molar-refractivity contribution < 1.29 is 4.79 Å². The monoisotopic (exact) mass is 276 g/mol. The number of nitrogens with zero attached hydrogens (tertiary/aromatic N) is 1. The third kappa shape index (κ3) is 3.32. The van der Waals surface area contributed by atoms with E-state index in [0.717, 1.165) is 17.5 Å². The number of aryl methyl sites for hydroxylation is 2. The van der Waals surface area contributed by atoms with Gasteiger partial charge in [0.15, 0.2) is 5.13 Å². The van der Waals surface area contributed by atoms with Crippen LogP contribution in [0.5, 0.6) is 0 Å². The summed E-state index contributed by atoms with van der Waals surface area (Å²) in [6, 6.07) is 4.17. The zero-order chi connectivity index (χ0) is 14.0. The summed E-state index contributed by atoms with van der Waals surface area (Å²) in [6.45, 7) is 8.37. The van der Waals surface area contributed by atoms with Crippen LogP contribution in [0.25, 0.3) is 10.2 Å². The molecule has 0 fully saturated rings. The lowest BCUT2D eigenvalue weighted by atomic mass is 10.1. The minimum Gasteiger partial charge on any atom is -0.302 e. The van der Waals surface area contributed by atoms with Crippen molar-refractivity contribution in [2.45, 2.75) is 40.5 Å². The number of aromatic nitrogens is 1. The second-order valence-corrected chi connectivity index (χ2v) is 6.38. The lowest BCUT2D eigenvalue weighted by Gasteiger charge is -2.03. The van der Waals surface area contributed by atoms with E-state index in [4.69, 9.17) is 0 Å². The lowest BCUT2D eigenvalue weighted by Crippen LogP contribution is -2.11. The maximum absolute atomic E-state index is 11.8. The Labute approximate surface area is 118 Å². The molecule has 0 bridgehead atoms. The van der Waals surface area contributed by atoms with Crippen molar-refractivity contribution in [2.24, 2.45) is 5.92 Å². The van der Waals surface area contributed by atoms with E-state index >= 15 is 0 Å². The third-order valence-corrected chi connectivity index (χ3v) is 4.24. The Bertz CT molecular complexity index is 562. The van der Waals surface area contributed by atoms with Crippen molar-refractivity contribution in [3.05, 3.63) is 23.3 Å². The molecule has 19 heavy (non-hydrogen) atoms. The fraction of sp³-hybridized carbons (Fsp3) is 0.467. The molecule has 1 heterocycles. The van der Waals surface area contributed by atoms with Gasteiger partial charge in [-0.3, -0.25) is 4.79 Å². The highest BCUT2D eigenvalue weighted by Crippen LogP contribution is 2.30. The highest BCUT2D eigenvalue weighted by Gasteiger charge is 2.11. The topological polar surface area (TPSA) is 42.0 Å². The van der Waals surface area contributed by atoms with Gasteiger partial charge in [0.2, 0.25) is 5.91 Å². The number of hydrogen-bond acceptors (Lipinski definition) is 3. The summed E-state index contributed by atoms with van der Waals surface area (Å²) < 4.78 is 1.17. The van der Waals surface area contributed by atoms with Crippen LogP contribution in [0.1, 0.15) is 37.8 Å². The van der Waals surface area contributed by atoms with E-state index in [2.05, 4.69) is 43.2 Å². The van der Waals surface area contributed by atoms with Crippen LogP contribution in [0.2, 0.25) is 0 Å². The Morgan fingerprint density at radius 2 is 2.00 bits per heavy atom. The van der Waals surface area contributed by atoms with Crippen molar-refractivity contribution in [3.63, 3.8) is 0 Å². The summed E-state index contributed by atoms with van der Waals surface area (Å²) in [5.41, 5.74) is 3.37. The lowest BCUT2D eigenvalue weighted by molar-refractivity contribution is -0.116. The van der Waals surface area contributed by atoms with Gasteiger partial charge in [-0.2, -0.15) is 0 Å². The molecule has 3 nitrogen and oxygen atoms in total. The fourth-order valence-corrected chi connectivity index (χ4v) is 2.94. The number of benzene rings is 1. The number of anilines is 1. The molecule has 0 spiro atoms. The molecule has 0 radical (unpaired) electrons. The smallest absolute Gasteiger partial charge is 0.226 e. The first kappa shape index (κ1) is 14.0. The molecule has 2 rings (SSSR count). The van der Waals surface area contributed by atoms with E-state index in [1.54, 1.807) is 11.3 Å². The normalized spacial score (nSPS) is 11.2.